The number of carbonyl (C=O) groups is 1. The maximum absolute atomic E-state index is 12.1. The molecular formula is C19H26O3. The molecule has 0 aromatic heterocycles. The molecule has 0 unspecified atom stereocenters. The van der Waals surface area contributed by atoms with Crippen molar-refractivity contribution in [2.24, 2.45) is 23.2 Å². The van der Waals surface area contributed by atoms with E-state index in [9.17, 15) is 15.0 Å². The van der Waals surface area contributed by atoms with E-state index in [1.807, 2.05) is 13.0 Å². The van der Waals surface area contributed by atoms with Crippen molar-refractivity contribution in [1.29, 1.82) is 0 Å². The Bertz CT molecular complexity index is 587. The number of hydrogen-bond acceptors (Lipinski definition) is 3. The molecule has 4 rings (SSSR count). The second kappa shape index (κ2) is 4.78. The lowest BCUT2D eigenvalue weighted by atomic mass is 9.56. The fraction of sp³-hybridized carbons (Fsp3) is 0.737. The van der Waals surface area contributed by atoms with Gasteiger partial charge in [0, 0.05) is 6.42 Å². The summed E-state index contributed by atoms with van der Waals surface area (Å²) in [7, 11) is 0. The maximum atomic E-state index is 12.1. The van der Waals surface area contributed by atoms with Gasteiger partial charge in [0.25, 0.3) is 0 Å². The van der Waals surface area contributed by atoms with Crippen molar-refractivity contribution in [1.82, 2.24) is 0 Å². The van der Waals surface area contributed by atoms with Crippen LogP contribution in [0.4, 0.5) is 0 Å². The summed E-state index contributed by atoms with van der Waals surface area (Å²) in [4.78, 5) is 12.1. The molecule has 2 saturated carbocycles. The number of hydrogen-bond donors (Lipinski definition) is 2. The number of allylic oxidation sites excluding steroid dienone is 2. The van der Waals surface area contributed by atoms with Gasteiger partial charge in [0.1, 0.15) is 0 Å². The summed E-state index contributed by atoms with van der Waals surface area (Å²) < 4.78 is 0. The van der Waals surface area contributed by atoms with Gasteiger partial charge in [-0.15, -0.1) is 0 Å². The van der Waals surface area contributed by atoms with E-state index >= 15 is 0 Å². The Balaban J connectivity index is 1.77. The Kier molecular flexibility index (Phi) is 3.18. The van der Waals surface area contributed by atoms with Crippen LogP contribution < -0.4 is 0 Å². The molecule has 0 spiro atoms. The van der Waals surface area contributed by atoms with E-state index in [1.165, 1.54) is 11.1 Å². The fourth-order valence-corrected chi connectivity index (χ4v) is 5.83. The zero-order chi connectivity index (χ0) is 15.6. The van der Waals surface area contributed by atoms with Gasteiger partial charge in [0.15, 0.2) is 5.78 Å². The summed E-state index contributed by atoms with van der Waals surface area (Å²) in [6, 6.07) is 0. The van der Waals surface area contributed by atoms with Crippen molar-refractivity contribution < 1.29 is 15.0 Å². The first-order valence-electron chi connectivity index (χ1n) is 8.72. The lowest BCUT2D eigenvalue weighted by Crippen LogP contribution is -2.46. The number of rotatable bonds is 0. The summed E-state index contributed by atoms with van der Waals surface area (Å²) >= 11 is 0. The van der Waals surface area contributed by atoms with Crippen LogP contribution >= 0.6 is 0 Å². The average molecular weight is 302 g/mol. The van der Waals surface area contributed by atoms with Crippen LogP contribution in [-0.2, 0) is 4.79 Å². The molecule has 0 aliphatic heterocycles. The predicted molar refractivity (Wildman–Crippen MR) is 84.1 cm³/mol. The van der Waals surface area contributed by atoms with Crippen LogP contribution in [0.15, 0.2) is 22.8 Å². The van der Waals surface area contributed by atoms with Crippen LogP contribution in [0, 0.1) is 23.2 Å². The summed E-state index contributed by atoms with van der Waals surface area (Å²) in [5.74, 6) is 1.38. The number of aliphatic hydroxyl groups is 2. The van der Waals surface area contributed by atoms with E-state index in [2.05, 4.69) is 6.92 Å². The highest BCUT2D eigenvalue weighted by molar-refractivity contribution is 5.96. The van der Waals surface area contributed by atoms with Crippen molar-refractivity contribution in [3.05, 3.63) is 22.8 Å². The van der Waals surface area contributed by atoms with Gasteiger partial charge in [0.05, 0.1) is 12.2 Å². The molecule has 0 saturated heterocycles. The van der Waals surface area contributed by atoms with Gasteiger partial charge in [0.2, 0.25) is 0 Å². The standard InChI is InChI=1S/C19H26O3/c1-10-14-9-15-18(13(14)3-4-16(10)21)17(22)8-11-7-12(20)5-6-19(11,15)2/h8,12-13,15,17-18,20,22H,3-7,9H2,1-2H3/t12-,13+,15-,17-,18-,19-/m0/s1. The average Bonchev–Trinajstić information content (AvgIpc) is 2.87. The molecule has 3 nitrogen and oxygen atoms in total. The highest BCUT2D eigenvalue weighted by atomic mass is 16.3. The van der Waals surface area contributed by atoms with Crippen LogP contribution in [0.25, 0.3) is 0 Å². The predicted octanol–water partition coefficient (Wildman–Crippen LogP) is 2.77. The molecule has 0 radical (unpaired) electrons. The molecule has 6 atom stereocenters. The van der Waals surface area contributed by atoms with Gasteiger partial charge >= 0.3 is 0 Å². The van der Waals surface area contributed by atoms with E-state index < -0.39 is 6.10 Å². The third kappa shape index (κ3) is 1.85. The number of carbonyl (C=O) groups excluding carboxylic acids is 1. The SMILES string of the molecule is CC1=C2C[C@H]3[C@H]([C@@H]2CCC1=O)[C@@H](O)C=C1C[C@@H](O)CC[C@@]13C. The molecule has 0 amide bonds. The normalized spacial score (nSPS) is 47.7. The molecule has 0 aromatic carbocycles. The van der Waals surface area contributed by atoms with Gasteiger partial charge in [-0.05, 0) is 67.8 Å². The summed E-state index contributed by atoms with van der Waals surface area (Å²) in [6.45, 7) is 4.30. The Morgan fingerprint density at radius 3 is 2.77 bits per heavy atom. The summed E-state index contributed by atoms with van der Waals surface area (Å²) in [6.07, 6.45) is 6.45. The minimum absolute atomic E-state index is 0.0940. The molecule has 2 N–H and O–H groups in total. The Hall–Kier alpha value is -0.930. The lowest BCUT2D eigenvalue weighted by Gasteiger charge is -2.50. The van der Waals surface area contributed by atoms with Gasteiger partial charge in [-0.2, -0.15) is 0 Å². The highest BCUT2D eigenvalue weighted by Gasteiger charge is 2.56. The van der Waals surface area contributed by atoms with Crippen molar-refractivity contribution in [3.8, 4) is 0 Å². The lowest BCUT2D eigenvalue weighted by molar-refractivity contribution is -0.116. The van der Waals surface area contributed by atoms with Gasteiger partial charge in [-0.3, -0.25) is 4.79 Å². The van der Waals surface area contributed by atoms with Crippen molar-refractivity contribution in [3.63, 3.8) is 0 Å². The third-order valence-electron chi connectivity index (χ3n) is 7.17. The highest BCUT2D eigenvalue weighted by Crippen LogP contribution is 2.62. The molecule has 3 heteroatoms. The molecule has 0 aromatic rings. The fourth-order valence-electron chi connectivity index (χ4n) is 5.83. The second-order valence-corrected chi connectivity index (χ2v) is 8.10. The van der Waals surface area contributed by atoms with Gasteiger partial charge < -0.3 is 10.2 Å². The smallest absolute Gasteiger partial charge is 0.158 e. The summed E-state index contributed by atoms with van der Waals surface area (Å²) in [5.41, 5.74) is 3.64. The van der Waals surface area contributed by atoms with Crippen LogP contribution in [0.2, 0.25) is 0 Å². The number of fused-ring (bicyclic) bond motifs is 5. The topological polar surface area (TPSA) is 57.5 Å². The van der Waals surface area contributed by atoms with E-state index in [0.29, 0.717) is 30.5 Å². The van der Waals surface area contributed by atoms with Crippen LogP contribution in [0.3, 0.4) is 0 Å². The van der Waals surface area contributed by atoms with Gasteiger partial charge in [-0.1, -0.05) is 24.1 Å². The molecule has 22 heavy (non-hydrogen) atoms. The third-order valence-corrected chi connectivity index (χ3v) is 7.17. The first kappa shape index (κ1) is 14.6. The van der Waals surface area contributed by atoms with E-state index in [-0.39, 0.29) is 17.4 Å². The monoisotopic (exact) mass is 302 g/mol. The molecule has 2 fully saturated rings. The second-order valence-electron chi connectivity index (χ2n) is 8.10. The minimum Gasteiger partial charge on any atom is -0.393 e. The Morgan fingerprint density at radius 1 is 1.23 bits per heavy atom. The Morgan fingerprint density at radius 2 is 2.00 bits per heavy atom. The van der Waals surface area contributed by atoms with E-state index in [4.69, 9.17) is 0 Å². The minimum atomic E-state index is -0.415. The number of ketones is 1. The van der Waals surface area contributed by atoms with Crippen molar-refractivity contribution in [2.45, 2.75) is 64.6 Å². The molecule has 4 aliphatic carbocycles. The molecular weight excluding hydrogens is 276 g/mol. The largest absolute Gasteiger partial charge is 0.393 e. The van der Waals surface area contributed by atoms with Crippen LogP contribution in [0.5, 0.6) is 0 Å². The van der Waals surface area contributed by atoms with E-state index in [1.54, 1.807) is 0 Å². The van der Waals surface area contributed by atoms with Gasteiger partial charge in [-0.25, -0.2) is 0 Å². The quantitative estimate of drug-likeness (QED) is 0.677. The number of aliphatic hydroxyl groups excluding tert-OH is 2. The van der Waals surface area contributed by atoms with E-state index in [0.717, 1.165) is 31.3 Å². The van der Waals surface area contributed by atoms with Crippen molar-refractivity contribution in [2.75, 3.05) is 0 Å². The summed E-state index contributed by atoms with van der Waals surface area (Å²) in [5, 5.41) is 20.7. The van der Waals surface area contributed by atoms with Crippen LogP contribution in [-0.4, -0.2) is 28.2 Å². The Labute approximate surface area is 132 Å². The van der Waals surface area contributed by atoms with Crippen LogP contribution in [0.1, 0.15) is 52.4 Å². The first-order valence-corrected chi connectivity index (χ1v) is 8.72. The first-order chi connectivity index (χ1) is 10.4. The zero-order valence-electron chi connectivity index (χ0n) is 13.5. The molecule has 120 valence electrons. The molecule has 0 heterocycles. The molecule has 0 bridgehead atoms. The van der Waals surface area contributed by atoms with Crippen molar-refractivity contribution >= 4 is 5.78 Å². The molecule has 4 aliphatic rings. The maximum Gasteiger partial charge on any atom is 0.158 e. The number of Topliss-reactive ketones (excluding diaryl/α,β-unsaturated/α-hetero) is 1. The zero-order valence-corrected chi connectivity index (χ0v) is 13.5.